The average molecular weight is 502 g/mol. The summed E-state index contributed by atoms with van der Waals surface area (Å²) in [7, 11) is 0. The molecule has 3 aromatic rings. The zero-order chi connectivity index (χ0) is 26.3. The molecule has 194 valence electrons. The minimum atomic E-state index is -4.42. The van der Waals surface area contributed by atoms with E-state index in [9.17, 15) is 22.8 Å². The molecule has 0 bridgehead atoms. The first kappa shape index (κ1) is 27.3. The molecule has 2 amide bonds. The summed E-state index contributed by atoms with van der Waals surface area (Å²) < 4.78 is 39.0. The Morgan fingerprint density at radius 3 is 2.31 bits per heavy atom. The fourth-order valence-corrected chi connectivity index (χ4v) is 4.24. The summed E-state index contributed by atoms with van der Waals surface area (Å²) in [5, 5.41) is 1.07. The Balaban J connectivity index is 1.81. The van der Waals surface area contributed by atoms with Crippen LogP contribution in [0.1, 0.15) is 50.3 Å². The third-order valence-electron chi connectivity index (χ3n) is 6.06. The molecule has 8 heteroatoms. The van der Waals surface area contributed by atoms with E-state index in [4.69, 9.17) is 0 Å². The molecule has 2 aromatic carbocycles. The number of H-pyrrole nitrogens is 1. The second kappa shape index (κ2) is 12.1. The van der Waals surface area contributed by atoms with Crippen molar-refractivity contribution in [1.82, 2.24) is 14.8 Å². The summed E-state index contributed by atoms with van der Waals surface area (Å²) in [6.07, 6.45) is -0.864. The van der Waals surface area contributed by atoms with Crippen LogP contribution in [-0.2, 0) is 28.7 Å². The van der Waals surface area contributed by atoms with Crippen molar-refractivity contribution in [2.24, 2.45) is 5.92 Å². The van der Waals surface area contributed by atoms with Crippen molar-refractivity contribution >= 4 is 22.7 Å². The van der Waals surface area contributed by atoms with Crippen LogP contribution in [0.15, 0.2) is 54.7 Å². The van der Waals surface area contributed by atoms with Gasteiger partial charge in [0.15, 0.2) is 0 Å². The predicted octanol–water partition coefficient (Wildman–Crippen LogP) is 6.04. The Kier molecular flexibility index (Phi) is 9.18. The smallest absolute Gasteiger partial charge is 0.361 e. The summed E-state index contributed by atoms with van der Waals surface area (Å²) in [5.41, 5.74) is 1.93. The molecule has 0 saturated heterocycles. The van der Waals surface area contributed by atoms with Crippen molar-refractivity contribution in [3.8, 4) is 0 Å². The number of fused-ring (bicyclic) bond motifs is 1. The number of aromatic amines is 1. The van der Waals surface area contributed by atoms with Gasteiger partial charge in [0.2, 0.25) is 11.8 Å². The lowest BCUT2D eigenvalue weighted by Gasteiger charge is -2.29. The van der Waals surface area contributed by atoms with Crippen LogP contribution in [0.2, 0.25) is 0 Å². The molecule has 0 atom stereocenters. The Bertz CT molecular complexity index is 1150. The van der Waals surface area contributed by atoms with E-state index < -0.39 is 11.7 Å². The van der Waals surface area contributed by atoms with Crippen LogP contribution in [-0.4, -0.2) is 46.2 Å². The SMILES string of the molecule is CCCC(=O)N(CC(=O)N(CCc1c[nH]c2ccccc12)Cc1ccc(C(F)(F)F)cc1)CC(C)C. The molecule has 0 radical (unpaired) electrons. The van der Waals surface area contributed by atoms with Gasteiger partial charge in [0, 0.05) is 43.2 Å². The van der Waals surface area contributed by atoms with Gasteiger partial charge < -0.3 is 14.8 Å². The normalized spacial score (nSPS) is 11.8. The maximum absolute atomic E-state index is 13.4. The highest BCUT2D eigenvalue weighted by Gasteiger charge is 2.30. The molecule has 0 spiro atoms. The molecule has 36 heavy (non-hydrogen) atoms. The number of aromatic nitrogens is 1. The quantitative estimate of drug-likeness (QED) is 0.348. The molecular formula is C28H34F3N3O2. The van der Waals surface area contributed by atoms with Crippen molar-refractivity contribution in [3.63, 3.8) is 0 Å². The highest BCUT2D eigenvalue weighted by Crippen LogP contribution is 2.29. The number of rotatable bonds is 11. The number of para-hydroxylation sites is 1. The number of amides is 2. The average Bonchev–Trinajstić information content (AvgIpc) is 3.24. The second-order valence-electron chi connectivity index (χ2n) is 9.54. The second-order valence-corrected chi connectivity index (χ2v) is 9.54. The van der Waals surface area contributed by atoms with Gasteiger partial charge in [-0.05, 0) is 48.1 Å². The number of hydrogen-bond acceptors (Lipinski definition) is 2. The van der Waals surface area contributed by atoms with Gasteiger partial charge in [0.1, 0.15) is 0 Å². The van der Waals surface area contributed by atoms with Crippen molar-refractivity contribution in [3.05, 3.63) is 71.4 Å². The maximum atomic E-state index is 13.4. The highest BCUT2D eigenvalue weighted by molar-refractivity contribution is 5.85. The molecule has 3 rings (SSSR count). The Hall–Kier alpha value is -3.29. The first-order valence-corrected chi connectivity index (χ1v) is 12.3. The summed E-state index contributed by atoms with van der Waals surface area (Å²) >= 11 is 0. The van der Waals surface area contributed by atoms with Gasteiger partial charge in [0.05, 0.1) is 12.1 Å². The minimum absolute atomic E-state index is 0.0501. The summed E-state index contributed by atoms with van der Waals surface area (Å²) in [4.78, 5) is 32.6. The van der Waals surface area contributed by atoms with Gasteiger partial charge in [0.25, 0.3) is 0 Å². The lowest BCUT2D eigenvalue weighted by molar-refractivity contribution is -0.141. The monoisotopic (exact) mass is 501 g/mol. The van der Waals surface area contributed by atoms with Crippen LogP contribution in [0.25, 0.3) is 10.9 Å². The van der Waals surface area contributed by atoms with Gasteiger partial charge in [-0.3, -0.25) is 9.59 Å². The molecule has 5 nitrogen and oxygen atoms in total. The molecule has 0 aliphatic rings. The van der Waals surface area contributed by atoms with E-state index in [1.165, 1.54) is 12.1 Å². The van der Waals surface area contributed by atoms with E-state index in [2.05, 4.69) is 4.98 Å². The summed E-state index contributed by atoms with van der Waals surface area (Å²) in [6, 6.07) is 12.8. The van der Waals surface area contributed by atoms with Gasteiger partial charge in [-0.1, -0.05) is 51.1 Å². The van der Waals surface area contributed by atoms with Crippen molar-refractivity contribution in [2.45, 2.75) is 52.8 Å². The Morgan fingerprint density at radius 2 is 1.67 bits per heavy atom. The molecule has 1 N–H and O–H groups in total. The van der Waals surface area contributed by atoms with Gasteiger partial charge in [-0.15, -0.1) is 0 Å². The fraction of sp³-hybridized carbons (Fsp3) is 0.429. The molecule has 1 heterocycles. The van der Waals surface area contributed by atoms with Gasteiger partial charge in [-0.2, -0.15) is 13.2 Å². The van der Waals surface area contributed by atoms with Crippen LogP contribution in [0.3, 0.4) is 0 Å². The van der Waals surface area contributed by atoms with E-state index >= 15 is 0 Å². The zero-order valence-corrected chi connectivity index (χ0v) is 21.1. The van der Waals surface area contributed by atoms with Crippen LogP contribution < -0.4 is 0 Å². The number of nitrogens with one attached hydrogen (secondary N) is 1. The Labute approximate surface area is 210 Å². The van der Waals surface area contributed by atoms with Crippen LogP contribution >= 0.6 is 0 Å². The fourth-order valence-electron chi connectivity index (χ4n) is 4.24. The number of benzene rings is 2. The molecule has 0 aliphatic heterocycles. The van der Waals surface area contributed by atoms with Crippen molar-refractivity contribution < 1.29 is 22.8 Å². The van der Waals surface area contributed by atoms with E-state index in [1.807, 2.05) is 51.2 Å². The van der Waals surface area contributed by atoms with Crippen LogP contribution in [0.4, 0.5) is 13.2 Å². The third-order valence-corrected chi connectivity index (χ3v) is 6.06. The number of carbonyl (C=O) groups excluding carboxylic acids is 2. The van der Waals surface area contributed by atoms with Crippen LogP contribution in [0, 0.1) is 5.92 Å². The van der Waals surface area contributed by atoms with E-state index in [-0.39, 0.29) is 30.8 Å². The van der Waals surface area contributed by atoms with E-state index in [0.29, 0.717) is 37.9 Å². The molecule has 0 saturated carbocycles. The molecule has 1 aromatic heterocycles. The number of nitrogens with zero attached hydrogens (tertiary/aromatic N) is 2. The number of carbonyl (C=O) groups is 2. The Morgan fingerprint density at radius 1 is 0.972 bits per heavy atom. The standard InChI is InChI=1S/C28H34F3N3O2/c1-4-7-26(35)34(17-20(2)3)19-27(36)33(18-21-10-12-23(13-11-21)28(29,30)31)15-14-22-16-32-25-9-6-5-8-24(22)25/h5-6,8-13,16,20,32H,4,7,14-15,17-19H2,1-3H3. The zero-order valence-electron chi connectivity index (χ0n) is 21.1. The predicted molar refractivity (Wildman–Crippen MR) is 135 cm³/mol. The molecular weight excluding hydrogens is 467 g/mol. The van der Waals surface area contributed by atoms with Crippen LogP contribution in [0.5, 0.6) is 0 Å². The lowest BCUT2D eigenvalue weighted by Crippen LogP contribution is -2.44. The molecule has 0 unspecified atom stereocenters. The molecule has 0 fully saturated rings. The summed E-state index contributed by atoms with van der Waals surface area (Å²) in [6.45, 7) is 6.87. The van der Waals surface area contributed by atoms with E-state index in [0.717, 1.165) is 28.6 Å². The maximum Gasteiger partial charge on any atom is 0.416 e. The largest absolute Gasteiger partial charge is 0.416 e. The number of halogens is 3. The number of hydrogen-bond donors (Lipinski definition) is 1. The number of alkyl halides is 3. The third kappa shape index (κ3) is 7.35. The first-order valence-electron chi connectivity index (χ1n) is 12.3. The van der Waals surface area contributed by atoms with E-state index in [1.54, 1.807) is 9.80 Å². The lowest BCUT2D eigenvalue weighted by atomic mass is 10.1. The minimum Gasteiger partial charge on any atom is -0.361 e. The first-order chi connectivity index (χ1) is 17.1. The summed E-state index contributed by atoms with van der Waals surface area (Å²) in [5.74, 6) is -0.0845. The van der Waals surface area contributed by atoms with Crippen molar-refractivity contribution in [1.29, 1.82) is 0 Å². The van der Waals surface area contributed by atoms with Gasteiger partial charge in [-0.25, -0.2) is 0 Å². The highest BCUT2D eigenvalue weighted by atomic mass is 19.4. The van der Waals surface area contributed by atoms with Crippen molar-refractivity contribution in [2.75, 3.05) is 19.6 Å². The topological polar surface area (TPSA) is 56.4 Å². The van der Waals surface area contributed by atoms with Gasteiger partial charge >= 0.3 is 6.18 Å². The molecule has 0 aliphatic carbocycles.